The summed E-state index contributed by atoms with van der Waals surface area (Å²) in [6.45, 7) is 0.692. The van der Waals surface area contributed by atoms with Crippen LogP contribution in [0.4, 0.5) is 5.69 Å². The average molecular weight is 400 g/mol. The summed E-state index contributed by atoms with van der Waals surface area (Å²) in [4.78, 5) is 31.0. The Balaban J connectivity index is 1.44. The van der Waals surface area contributed by atoms with Crippen molar-refractivity contribution in [2.75, 3.05) is 18.9 Å². The molecule has 1 aliphatic rings. The summed E-state index contributed by atoms with van der Waals surface area (Å²) in [5.74, 6) is 0.157. The Labute approximate surface area is 171 Å². The molecule has 1 saturated carbocycles. The first-order chi connectivity index (χ1) is 13.5. The summed E-state index contributed by atoms with van der Waals surface area (Å²) in [5, 5.41) is 3.53. The van der Waals surface area contributed by atoms with Gasteiger partial charge in [0.1, 0.15) is 0 Å². The van der Waals surface area contributed by atoms with Crippen LogP contribution in [-0.2, 0) is 16.0 Å². The number of nitrogens with zero attached hydrogens (tertiary/aromatic N) is 2. The van der Waals surface area contributed by atoms with E-state index in [4.69, 9.17) is 11.6 Å². The Morgan fingerprint density at radius 1 is 1.11 bits per heavy atom. The van der Waals surface area contributed by atoms with Crippen molar-refractivity contribution in [2.24, 2.45) is 11.8 Å². The van der Waals surface area contributed by atoms with Crippen LogP contribution in [0.3, 0.4) is 0 Å². The molecule has 2 amide bonds. The standard InChI is InChI=1S/C22H26ClN3O2/c1-26(14-11-16-9-12-24-13-10-16)22(28)18-7-5-17(6-8-18)21(27)25-20-4-2-3-19(23)15-20/h2-4,9-10,12-13,15,17-18H,5-8,11,14H2,1H3,(H,25,27). The molecule has 1 fully saturated rings. The topological polar surface area (TPSA) is 62.3 Å². The first-order valence-electron chi connectivity index (χ1n) is 9.73. The van der Waals surface area contributed by atoms with Gasteiger partial charge in [-0.2, -0.15) is 0 Å². The van der Waals surface area contributed by atoms with Gasteiger partial charge in [-0.25, -0.2) is 0 Å². The fourth-order valence-electron chi connectivity index (χ4n) is 3.68. The number of carbonyl (C=O) groups excluding carboxylic acids is 2. The molecule has 1 aliphatic carbocycles. The summed E-state index contributed by atoms with van der Waals surface area (Å²) in [6, 6.07) is 11.1. The van der Waals surface area contributed by atoms with Crippen LogP contribution in [0.2, 0.25) is 5.02 Å². The molecule has 5 nitrogen and oxygen atoms in total. The summed E-state index contributed by atoms with van der Waals surface area (Å²) < 4.78 is 0. The zero-order valence-corrected chi connectivity index (χ0v) is 16.9. The van der Waals surface area contributed by atoms with E-state index >= 15 is 0 Å². The number of pyridine rings is 1. The lowest BCUT2D eigenvalue weighted by Gasteiger charge is -2.30. The first kappa shape index (κ1) is 20.3. The normalized spacial score (nSPS) is 19.1. The number of amides is 2. The van der Waals surface area contributed by atoms with Crippen LogP contribution in [0.25, 0.3) is 0 Å². The van der Waals surface area contributed by atoms with Crippen LogP contribution >= 0.6 is 11.6 Å². The van der Waals surface area contributed by atoms with Gasteiger partial charge >= 0.3 is 0 Å². The van der Waals surface area contributed by atoms with Crippen LogP contribution in [-0.4, -0.2) is 35.3 Å². The van der Waals surface area contributed by atoms with Gasteiger partial charge in [0.2, 0.25) is 11.8 Å². The number of anilines is 1. The van der Waals surface area contributed by atoms with E-state index < -0.39 is 0 Å². The van der Waals surface area contributed by atoms with E-state index in [1.165, 1.54) is 5.56 Å². The van der Waals surface area contributed by atoms with Gasteiger partial charge in [0.15, 0.2) is 0 Å². The minimum Gasteiger partial charge on any atom is -0.345 e. The number of aromatic nitrogens is 1. The molecule has 148 valence electrons. The van der Waals surface area contributed by atoms with E-state index in [2.05, 4.69) is 10.3 Å². The molecule has 0 bridgehead atoms. The first-order valence-corrected chi connectivity index (χ1v) is 10.1. The molecule has 2 aromatic rings. The summed E-state index contributed by atoms with van der Waals surface area (Å²) >= 11 is 5.97. The number of hydrogen-bond donors (Lipinski definition) is 1. The third kappa shape index (κ3) is 5.55. The van der Waals surface area contributed by atoms with E-state index in [1.54, 1.807) is 24.5 Å². The van der Waals surface area contributed by atoms with Crippen LogP contribution in [0.15, 0.2) is 48.8 Å². The zero-order chi connectivity index (χ0) is 19.9. The number of halogens is 1. The minimum absolute atomic E-state index is 0.0117. The van der Waals surface area contributed by atoms with Crippen LogP contribution in [0.5, 0.6) is 0 Å². The molecule has 1 N–H and O–H groups in total. The lowest BCUT2D eigenvalue weighted by atomic mass is 9.81. The van der Waals surface area contributed by atoms with Crippen LogP contribution in [0, 0.1) is 11.8 Å². The number of nitrogens with one attached hydrogen (secondary N) is 1. The highest BCUT2D eigenvalue weighted by atomic mass is 35.5. The molecular weight excluding hydrogens is 374 g/mol. The Morgan fingerprint density at radius 2 is 1.79 bits per heavy atom. The maximum absolute atomic E-state index is 12.7. The zero-order valence-electron chi connectivity index (χ0n) is 16.1. The Hall–Kier alpha value is -2.40. The van der Waals surface area contributed by atoms with E-state index in [0.29, 0.717) is 17.3 Å². The predicted octanol–water partition coefficient (Wildman–Crippen LogP) is 4.18. The molecule has 1 aromatic carbocycles. The lowest BCUT2D eigenvalue weighted by Crippen LogP contribution is -2.37. The molecule has 0 saturated heterocycles. The Morgan fingerprint density at radius 3 is 2.46 bits per heavy atom. The summed E-state index contributed by atoms with van der Waals surface area (Å²) in [7, 11) is 1.86. The van der Waals surface area contributed by atoms with Gasteiger partial charge in [-0.3, -0.25) is 14.6 Å². The molecule has 0 spiro atoms. The van der Waals surface area contributed by atoms with Gasteiger partial charge in [-0.15, -0.1) is 0 Å². The average Bonchev–Trinajstić information content (AvgIpc) is 2.72. The van der Waals surface area contributed by atoms with Gasteiger partial charge < -0.3 is 10.2 Å². The SMILES string of the molecule is CN(CCc1ccncc1)C(=O)C1CCC(C(=O)Nc2cccc(Cl)c2)CC1. The lowest BCUT2D eigenvalue weighted by molar-refractivity contribution is -0.136. The molecule has 28 heavy (non-hydrogen) atoms. The fraction of sp³-hybridized carbons (Fsp3) is 0.409. The van der Waals surface area contributed by atoms with Crippen molar-refractivity contribution in [1.82, 2.24) is 9.88 Å². The molecule has 0 radical (unpaired) electrons. The van der Waals surface area contributed by atoms with E-state index in [0.717, 1.165) is 32.1 Å². The second kappa shape index (κ2) is 9.69. The number of carbonyl (C=O) groups is 2. The van der Waals surface area contributed by atoms with Crippen molar-refractivity contribution < 1.29 is 9.59 Å². The Bertz CT molecular complexity index is 804. The largest absolute Gasteiger partial charge is 0.345 e. The summed E-state index contributed by atoms with van der Waals surface area (Å²) in [5.41, 5.74) is 1.89. The molecule has 3 rings (SSSR count). The maximum Gasteiger partial charge on any atom is 0.227 e. The number of rotatable bonds is 6. The van der Waals surface area contributed by atoms with Gasteiger partial charge in [-0.1, -0.05) is 17.7 Å². The summed E-state index contributed by atoms with van der Waals surface area (Å²) in [6.07, 6.45) is 7.35. The van der Waals surface area contributed by atoms with Crippen molar-refractivity contribution in [3.05, 3.63) is 59.4 Å². The highest BCUT2D eigenvalue weighted by molar-refractivity contribution is 6.30. The third-order valence-electron chi connectivity index (χ3n) is 5.40. The van der Waals surface area contributed by atoms with Gasteiger partial charge in [0, 0.05) is 48.5 Å². The monoisotopic (exact) mass is 399 g/mol. The van der Waals surface area contributed by atoms with Crippen molar-refractivity contribution in [3.63, 3.8) is 0 Å². The number of benzene rings is 1. The highest BCUT2D eigenvalue weighted by Gasteiger charge is 2.31. The highest BCUT2D eigenvalue weighted by Crippen LogP contribution is 2.31. The molecular formula is C22H26ClN3O2. The minimum atomic E-state index is -0.0508. The molecule has 1 aromatic heterocycles. The quantitative estimate of drug-likeness (QED) is 0.792. The molecule has 1 heterocycles. The smallest absolute Gasteiger partial charge is 0.227 e. The molecule has 0 unspecified atom stereocenters. The number of hydrogen-bond acceptors (Lipinski definition) is 3. The van der Waals surface area contributed by atoms with Gasteiger partial charge in [0.05, 0.1) is 0 Å². The number of likely N-dealkylation sites (N-methyl/N-ethyl adjacent to an activating group) is 1. The van der Waals surface area contributed by atoms with Gasteiger partial charge in [-0.05, 0) is 68.0 Å². The van der Waals surface area contributed by atoms with E-state index in [9.17, 15) is 9.59 Å². The molecule has 0 atom stereocenters. The van der Waals surface area contributed by atoms with Crippen LogP contribution in [0.1, 0.15) is 31.2 Å². The van der Waals surface area contributed by atoms with E-state index in [1.807, 2.05) is 36.2 Å². The Kier molecular flexibility index (Phi) is 7.04. The third-order valence-corrected chi connectivity index (χ3v) is 5.64. The van der Waals surface area contributed by atoms with Crippen molar-refractivity contribution in [3.8, 4) is 0 Å². The predicted molar refractivity (Wildman–Crippen MR) is 111 cm³/mol. The van der Waals surface area contributed by atoms with Crippen molar-refractivity contribution in [2.45, 2.75) is 32.1 Å². The molecule has 0 aliphatic heterocycles. The van der Waals surface area contributed by atoms with Crippen molar-refractivity contribution >= 4 is 29.1 Å². The van der Waals surface area contributed by atoms with E-state index in [-0.39, 0.29) is 23.7 Å². The maximum atomic E-state index is 12.7. The fourth-order valence-corrected chi connectivity index (χ4v) is 3.87. The van der Waals surface area contributed by atoms with Gasteiger partial charge in [0.25, 0.3) is 0 Å². The van der Waals surface area contributed by atoms with Crippen molar-refractivity contribution in [1.29, 1.82) is 0 Å². The van der Waals surface area contributed by atoms with Crippen LogP contribution < -0.4 is 5.32 Å². The second-order valence-corrected chi connectivity index (χ2v) is 7.85. The molecule has 6 heteroatoms. The second-order valence-electron chi connectivity index (χ2n) is 7.41.